The number of ether oxygens (including phenoxy) is 2. The fourth-order valence-corrected chi connectivity index (χ4v) is 2.94. The second-order valence-electron chi connectivity index (χ2n) is 5.99. The van der Waals surface area contributed by atoms with Crippen molar-refractivity contribution in [1.29, 1.82) is 0 Å². The number of fused-ring (bicyclic) bond motifs is 1. The molecule has 0 spiro atoms. The third kappa shape index (κ3) is 3.12. The van der Waals surface area contributed by atoms with E-state index in [0.717, 1.165) is 0 Å². The maximum atomic E-state index is 12.9. The summed E-state index contributed by atoms with van der Waals surface area (Å²) in [7, 11) is 1.50. The molecule has 4 rings (SSSR count). The average molecular weight is 372 g/mol. The van der Waals surface area contributed by atoms with Crippen molar-refractivity contribution in [1.82, 2.24) is 9.78 Å². The minimum absolute atomic E-state index is 0.0463. The summed E-state index contributed by atoms with van der Waals surface area (Å²) in [5.41, 5.74) is 0.296. The number of methoxy groups -OCH3 is 1. The van der Waals surface area contributed by atoms with Crippen LogP contribution in [0.2, 0.25) is 0 Å². The van der Waals surface area contributed by atoms with E-state index in [1.54, 1.807) is 72.8 Å². The van der Waals surface area contributed by atoms with Crippen molar-refractivity contribution in [2.75, 3.05) is 7.11 Å². The monoisotopic (exact) mass is 372 g/mol. The van der Waals surface area contributed by atoms with Gasteiger partial charge in [0.05, 0.1) is 18.2 Å². The lowest BCUT2D eigenvalue weighted by Crippen LogP contribution is -2.25. The van der Waals surface area contributed by atoms with Crippen molar-refractivity contribution < 1.29 is 14.3 Å². The molecule has 0 bridgehead atoms. The van der Waals surface area contributed by atoms with E-state index in [-0.39, 0.29) is 17.0 Å². The van der Waals surface area contributed by atoms with Crippen LogP contribution in [0.15, 0.2) is 83.7 Å². The van der Waals surface area contributed by atoms with Gasteiger partial charge in [0, 0.05) is 5.39 Å². The van der Waals surface area contributed by atoms with Crippen LogP contribution >= 0.6 is 0 Å². The molecule has 0 aliphatic rings. The zero-order valence-electron chi connectivity index (χ0n) is 15.0. The quantitative estimate of drug-likeness (QED) is 0.404. The molecule has 0 N–H and O–H groups in total. The van der Waals surface area contributed by atoms with Crippen molar-refractivity contribution >= 4 is 16.7 Å². The molecule has 0 saturated heterocycles. The molecular weight excluding hydrogens is 356 g/mol. The Bertz CT molecular complexity index is 1220. The number of para-hydroxylation sites is 3. The highest BCUT2D eigenvalue weighted by Gasteiger charge is 2.20. The van der Waals surface area contributed by atoms with Gasteiger partial charge < -0.3 is 9.47 Å². The fourth-order valence-electron chi connectivity index (χ4n) is 2.94. The van der Waals surface area contributed by atoms with E-state index in [9.17, 15) is 9.59 Å². The summed E-state index contributed by atoms with van der Waals surface area (Å²) >= 11 is 0. The highest BCUT2D eigenvalue weighted by Crippen LogP contribution is 2.27. The van der Waals surface area contributed by atoms with E-state index in [0.29, 0.717) is 22.2 Å². The smallest absolute Gasteiger partial charge is 0.364 e. The number of carbonyl (C=O) groups excluding carboxylic acids is 1. The number of hydrogen-bond acceptors (Lipinski definition) is 5. The molecule has 6 heteroatoms. The Morgan fingerprint density at radius 2 is 1.43 bits per heavy atom. The zero-order valence-corrected chi connectivity index (χ0v) is 15.0. The molecule has 138 valence electrons. The molecule has 3 aromatic carbocycles. The van der Waals surface area contributed by atoms with Gasteiger partial charge in [-0.2, -0.15) is 9.78 Å². The number of hydrogen-bond donors (Lipinski definition) is 0. The predicted molar refractivity (Wildman–Crippen MR) is 105 cm³/mol. The van der Waals surface area contributed by atoms with Crippen LogP contribution in [0.25, 0.3) is 16.5 Å². The highest BCUT2D eigenvalue weighted by atomic mass is 16.6. The highest BCUT2D eigenvalue weighted by molar-refractivity contribution is 6.03. The molecule has 0 saturated carbocycles. The van der Waals surface area contributed by atoms with E-state index in [1.165, 1.54) is 11.8 Å². The molecule has 1 aromatic heterocycles. The summed E-state index contributed by atoms with van der Waals surface area (Å²) in [5, 5.41) is 5.12. The summed E-state index contributed by atoms with van der Waals surface area (Å²) in [6.07, 6.45) is 0. The van der Waals surface area contributed by atoms with E-state index in [4.69, 9.17) is 9.47 Å². The van der Waals surface area contributed by atoms with Crippen LogP contribution in [0.4, 0.5) is 0 Å². The topological polar surface area (TPSA) is 70.4 Å². The minimum Gasteiger partial charge on any atom is -0.493 e. The molecule has 0 atom stereocenters. The van der Waals surface area contributed by atoms with Gasteiger partial charge in [0.15, 0.2) is 17.2 Å². The van der Waals surface area contributed by atoms with Crippen LogP contribution in [0.3, 0.4) is 0 Å². The first-order valence-electron chi connectivity index (χ1n) is 8.62. The lowest BCUT2D eigenvalue weighted by Gasteiger charge is -2.12. The first kappa shape index (κ1) is 17.5. The van der Waals surface area contributed by atoms with E-state index >= 15 is 0 Å². The summed E-state index contributed by atoms with van der Waals surface area (Å²) < 4.78 is 12.0. The van der Waals surface area contributed by atoms with Crippen LogP contribution in [-0.4, -0.2) is 22.9 Å². The SMILES string of the molecule is COc1ccccc1OC(=O)c1nn(-c2ccccc2)c(=O)c2ccccc12. The molecule has 0 aliphatic carbocycles. The molecular formula is C22H16N2O4. The largest absolute Gasteiger partial charge is 0.493 e. The molecule has 28 heavy (non-hydrogen) atoms. The Labute approximate surface area is 160 Å². The Kier molecular flexibility index (Phi) is 4.60. The van der Waals surface area contributed by atoms with E-state index < -0.39 is 5.97 Å². The summed E-state index contributed by atoms with van der Waals surface area (Å²) in [4.78, 5) is 25.8. The summed E-state index contributed by atoms with van der Waals surface area (Å²) in [6, 6.07) is 22.6. The Hall–Kier alpha value is -3.93. The molecule has 1 heterocycles. The van der Waals surface area contributed by atoms with E-state index in [2.05, 4.69) is 5.10 Å². The second-order valence-corrected chi connectivity index (χ2v) is 5.99. The number of carbonyl (C=O) groups is 1. The van der Waals surface area contributed by atoms with Crippen molar-refractivity contribution in [2.45, 2.75) is 0 Å². The third-order valence-electron chi connectivity index (χ3n) is 4.27. The minimum atomic E-state index is -0.676. The van der Waals surface area contributed by atoms with Gasteiger partial charge in [-0.3, -0.25) is 4.79 Å². The molecule has 0 amide bonds. The third-order valence-corrected chi connectivity index (χ3v) is 4.27. The van der Waals surface area contributed by atoms with Crippen molar-refractivity contribution in [3.8, 4) is 17.2 Å². The van der Waals surface area contributed by atoms with E-state index in [1.807, 2.05) is 6.07 Å². The number of nitrogens with zero attached hydrogens (tertiary/aromatic N) is 2. The fraction of sp³-hybridized carbons (Fsp3) is 0.0455. The van der Waals surface area contributed by atoms with Gasteiger partial charge in [-0.05, 0) is 30.3 Å². The lowest BCUT2D eigenvalue weighted by atomic mass is 10.1. The van der Waals surface area contributed by atoms with Crippen molar-refractivity contribution in [3.05, 3.63) is 94.9 Å². The average Bonchev–Trinajstić information content (AvgIpc) is 2.75. The van der Waals surface area contributed by atoms with Gasteiger partial charge >= 0.3 is 5.97 Å². The van der Waals surface area contributed by atoms with Crippen LogP contribution < -0.4 is 15.0 Å². The normalized spacial score (nSPS) is 10.6. The van der Waals surface area contributed by atoms with Crippen LogP contribution in [0, 0.1) is 0 Å². The van der Waals surface area contributed by atoms with Gasteiger partial charge in [-0.15, -0.1) is 0 Å². The summed E-state index contributed by atoms with van der Waals surface area (Å²) in [6.45, 7) is 0. The molecule has 6 nitrogen and oxygen atoms in total. The standard InChI is InChI=1S/C22H16N2O4/c1-27-18-13-7-8-14-19(18)28-22(26)20-16-11-5-6-12-17(16)21(25)24(23-20)15-9-3-2-4-10-15/h2-14H,1H3. The van der Waals surface area contributed by atoms with Crippen molar-refractivity contribution in [2.24, 2.45) is 0 Å². The molecule has 0 radical (unpaired) electrons. The number of benzene rings is 3. The predicted octanol–water partition coefficient (Wildman–Crippen LogP) is 3.61. The number of aromatic nitrogens is 2. The summed E-state index contributed by atoms with van der Waals surface area (Å²) in [5.74, 6) is 0.0280. The Morgan fingerprint density at radius 1 is 0.821 bits per heavy atom. The maximum Gasteiger partial charge on any atom is 0.364 e. The van der Waals surface area contributed by atoms with Crippen LogP contribution in [-0.2, 0) is 0 Å². The van der Waals surface area contributed by atoms with Crippen LogP contribution in [0.1, 0.15) is 10.5 Å². The Balaban J connectivity index is 1.87. The Morgan fingerprint density at radius 3 is 2.14 bits per heavy atom. The van der Waals surface area contributed by atoms with Crippen LogP contribution in [0.5, 0.6) is 11.5 Å². The van der Waals surface area contributed by atoms with Gasteiger partial charge in [0.1, 0.15) is 0 Å². The molecule has 0 unspecified atom stereocenters. The molecule has 4 aromatic rings. The first-order chi connectivity index (χ1) is 13.7. The zero-order chi connectivity index (χ0) is 19.5. The van der Waals surface area contributed by atoms with Gasteiger partial charge in [-0.1, -0.05) is 48.5 Å². The van der Waals surface area contributed by atoms with Gasteiger partial charge in [0.2, 0.25) is 0 Å². The number of rotatable bonds is 4. The van der Waals surface area contributed by atoms with Gasteiger partial charge in [-0.25, -0.2) is 4.79 Å². The second kappa shape index (κ2) is 7.36. The first-order valence-corrected chi connectivity index (χ1v) is 8.62. The number of esters is 1. The van der Waals surface area contributed by atoms with Crippen molar-refractivity contribution in [3.63, 3.8) is 0 Å². The molecule has 0 fully saturated rings. The lowest BCUT2D eigenvalue weighted by molar-refractivity contribution is 0.0724. The van der Waals surface area contributed by atoms with Gasteiger partial charge in [0.25, 0.3) is 5.56 Å². The molecule has 0 aliphatic heterocycles. The maximum absolute atomic E-state index is 12.9.